The van der Waals surface area contributed by atoms with Crippen molar-refractivity contribution in [1.29, 1.82) is 0 Å². The number of nitrogens with one attached hydrogen (secondary N) is 2. The van der Waals surface area contributed by atoms with Crippen LogP contribution >= 0.6 is 11.8 Å². The SMILES string of the molecule is CCC1NC(C(=O)NC)CS1. The molecule has 1 aliphatic heterocycles. The summed E-state index contributed by atoms with van der Waals surface area (Å²) in [4.78, 5) is 11.1. The van der Waals surface area contributed by atoms with Gasteiger partial charge in [0.1, 0.15) is 0 Å². The molecule has 0 radical (unpaired) electrons. The van der Waals surface area contributed by atoms with Crippen LogP contribution in [0.3, 0.4) is 0 Å². The van der Waals surface area contributed by atoms with Gasteiger partial charge in [-0.15, -0.1) is 11.8 Å². The van der Waals surface area contributed by atoms with Gasteiger partial charge in [-0.2, -0.15) is 0 Å². The Labute approximate surface area is 71.3 Å². The van der Waals surface area contributed by atoms with Crippen LogP contribution in [0.4, 0.5) is 0 Å². The standard InChI is InChI=1S/C7H14N2OS/c1-3-6-9-5(4-11-6)7(10)8-2/h5-6,9H,3-4H2,1-2H3,(H,8,10). The maximum atomic E-state index is 11.1. The molecule has 0 aliphatic carbocycles. The first kappa shape index (κ1) is 8.87. The number of hydrogen-bond donors (Lipinski definition) is 2. The first-order valence-corrected chi connectivity index (χ1v) is 4.92. The van der Waals surface area contributed by atoms with Crippen LogP contribution < -0.4 is 10.6 Å². The number of hydrogen-bond acceptors (Lipinski definition) is 3. The molecule has 1 rings (SSSR count). The fourth-order valence-corrected chi connectivity index (χ4v) is 2.26. The molecule has 2 atom stereocenters. The summed E-state index contributed by atoms with van der Waals surface area (Å²) in [6.45, 7) is 2.12. The molecular formula is C7H14N2OS. The van der Waals surface area contributed by atoms with Gasteiger partial charge >= 0.3 is 0 Å². The average molecular weight is 174 g/mol. The van der Waals surface area contributed by atoms with Gasteiger partial charge in [0, 0.05) is 12.8 Å². The minimum atomic E-state index is 0.0231. The van der Waals surface area contributed by atoms with Gasteiger partial charge in [0.25, 0.3) is 0 Å². The zero-order valence-corrected chi connectivity index (χ0v) is 7.70. The second kappa shape index (κ2) is 3.97. The second-order valence-electron chi connectivity index (χ2n) is 2.56. The Kier molecular flexibility index (Phi) is 3.20. The number of rotatable bonds is 2. The van der Waals surface area contributed by atoms with E-state index in [4.69, 9.17) is 0 Å². The Hall–Kier alpha value is -0.220. The molecule has 0 aromatic heterocycles. The van der Waals surface area contributed by atoms with Gasteiger partial charge in [0.2, 0.25) is 5.91 Å². The number of carbonyl (C=O) groups excluding carboxylic acids is 1. The number of likely N-dealkylation sites (N-methyl/N-ethyl adjacent to an activating group) is 1. The minimum Gasteiger partial charge on any atom is -0.358 e. The van der Waals surface area contributed by atoms with Crippen molar-refractivity contribution in [3.63, 3.8) is 0 Å². The molecule has 4 heteroatoms. The predicted molar refractivity (Wildman–Crippen MR) is 47.5 cm³/mol. The van der Waals surface area contributed by atoms with Crippen molar-refractivity contribution in [3.8, 4) is 0 Å². The fraction of sp³-hybridized carbons (Fsp3) is 0.857. The van der Waals surface area contributed by atoms with Gasteiger partial charge in [-0.05, 0) is 6.42 Å². The van der Waals surface area contributed by atoms with Gasteiger partial charge in [-0.1, -0.05) is 6.92 Å². The van der Waals surface area contributed by atoms with E-state index < -0.39 is 0 Å². The zero-order chi connectivity index (χ0) is 8.27. The number of thioether (sulfide) groups is 1. The van der Waals surface area contributed by atoms with Gasteiger partial charge in [0.05, 0.1) is 11.4 Å². The lowest BCUT2D eigenvalue weighted by molar-refractivity contribution is -0.122. The van der Waals surface area contributed by atoms with Crippen LogP contribution in [-0.4, -0.2) is 30.1 Å². The normalized spacial score (nSPS) is 30.4. The summed E-state index contributed by atoms with van der Waals surface area (Å²) in [5.74, 6) is 1.01. The molecule has 2 N–H and O–H groups in total. The summed E-state index contributed by atoms with van der Waals surface area (Å²) in [5, 5.41) is 6.35. The molecule has 1 aliphatic rings. The van der Waals surface area contributed by atoms with E-state index >= 15 is 0 Å². The Balaban J connectivity index is 2.35. The molecule has 11 heavy (non-hydrogen) atoms. The van der Waals surface area contributed by atoms with Gasteiger partial charge in [-0.25, -0.2) is 0 Å². The van der Waals surface area contributed by atoms with Crippen molar-refractivity contribution in [2.24, 2.45) is 0 Å². The molecule has 1 saturated heterocycles. The molecule has 0 spiro atoms. The maximum absolute atomic E-state index is 11.1. The summed E-state index contributed by atoms with van der Waals surface area (Å²) in [7, 11) is 1.67. The molecule has 64 valence electrons. The third-order valence-electron chi connectivity index (χ3n) is 1.78. The molecule has 3 nitrogen and oxygen atoms in total. The van der Waals surface area contributed by atoms with Gasteiger partial charge in [-0.3, -0.25) is 10.1 Å². The Morgan fingerprint density at radius 2 is 2.55 bits per heavy atom. The van der Waals surface area contributed by atoms with Crippen LogP contribution in [0.2, 0.25) is 0 Å². The summed E-state index contributed by atoms with van der Waals surface area (Å²) >= 11 is 1.82. The summed E-state index contributed by atoms with van der Waals surface area (Å²) in [5.41, 5.74) is 0. The van der Waals surface area contributed by atoms with E-state index in [0.29, 0.717) is 5.37 Å². The van der Waals surface area contributed by atoms with E-state index in [9.17, 15) is 4.79 Å². The molecule has 0 saturated carbocycles. The molecule has 0 aromatic rings. The zero-order valence-electron chi connectivity index (χ0n) is 6.89. The molecule has 0 aromatic carbocycles. The van der Waals surface area contributed by atoms with Gasteiger partial charge in [0.15, 0.2) is 0 Å². The average Bonchev–Trinajstić information content (AvgIpc) is 2.50. The summed E-state index contributed by atoms with van der Waals surface area (Å²) in [6.07, 6.45) is 1.08. The molecule has 2 unspecified atom stereocenters. The van der Waals surface area contributed by atoms with Crippen LogP contribution in [-0.2, 0) is 4.79 Å². The Morgan fingerprint density at radius 3 is 3.00 bits per heavy atom. The molecule has 1 fully saturated rings. The third kappa shape index (κ3) is 2.10. The summed E-state index contributed by atoms with van der Waals surface area (Å²) < 4.78 is 0. The molecular weight excluding hydrogens is 160 g/mol. The highest BCUT2D eigenvalue weighted by Crippen LogP contribution is 2.20. The third-order valence-corrected chi connectivity index (χ3v) is 3.18. The van der Waals surface area contributed by atoms with Crippen LogP contribution in [0.5, 0.6) is 0 Å². The molecule has 0 bridgehead atoms. The number of amides is 1. The first-order valence-electron chi connectivity index (χ1n) is 3.87. The first-order chi connectivity index (χ1) is 5.27. The lowest BCUT2D eigenvalue weighted by atomic mass is 10.3. The smallest absolute Gasteiger partial charge is 0.237 e. The second-order valence-corrected chi connectivity index (χ2v) is 3.80. The topological polar surface area (TPSA) is 41.1 Å². The Bertz CT molecular complexity index is 151. The lowest BCUT2D eigenvalue weighted by Gasteiger charge is -2.09. The van der Waals surface area contributed by atoms with Crippen molar-refractivity contribution in [2.75, 3.05) is 12.8 Å². The van der Waals surface area contributed by atoms with E-state index in [2.05, 4.69) is 17.6 Å². The lowest BCUT2D eigenvalue weighted by Crippen LogP contribution is -2.42. The van der Waals surface area contributed by atoms with Crippen molar-refractivity contribution in [3.05, 3.63) is 0 Å². The predicted octanol–water partition coefficient (Wildman–Crippen LogP) is 0.173. The van der Waals surface area contributed by atoms with Crippen LogP contribution in [0, 0.1) is 0 Å². The van der Waals surface area contributed by atoms with Crippen LogP contribution in [0.15, 0.2) is 0 Å². The summed E-state index contributed by atoms with van der Waals surface area (Å²) in [6, 6.07) is 0.0231. The molecule has 1 heterocycles. The highest BCUT2D eigenvalue weighted by molar-refractivity contribution is 8.00. The highest BCUT2D eigenvalue weighted by atomic mass is 32.2. The van der Waals surface area contributed by atoms with E-state index in [0.717, 1.165) is 12.2 Å². The monoisotopic (exact) mass is 174 g/mol. The quantitative estimate of drug-likeness (QED) is 0.627. The van der Waals surface area contributed by atoms with Gasteiger partial charge < -0.3 is 5.32 Å². The maximum Gasteiger partial charge on any atom is 0.237 e. The van der Waals surface area contributed by atoms with Crippen molar-refractivity contribution in [1.82, 2.24) is 10.6 Å². The highest BCUT2D eigenvalue weighted by Gasteiger charge is 2.27. The van der Waals surface area contributed by atoms with Crippen molar-refractivity contribution < 1.29 is 4.79 Å². The largest absolute Gasteiger partial charge is 0.358 e. The molecule has 1 amide bonds. The fourth-order valence-electron chi connectivity index (χ4n) is 1.09. The van der Waals surface area contributed by atoms with Crippen molar-refractivity contribution >= 4 is 17.7 Å². The number of carbonyl (C=O) groups is 1. The van der Waals surface area contributed by atoms with E-state index in [-0.39, 0.29) is 11.9 Å². The van der Waals surface area contributed by atoms with Crippen LogP contribution in [0.1, 0.15) is 13.3 Å². The minimum absolute atomic E-state index is 0.0231. The van der Waals surface area contributed by atoms with Crippen molar-refractivity contribution in [2.45, 2.75) is 24.8 Å². The Morgan fingerprint density at radius 1 is 1.82 bits per heavy atom. The van der Waals surface area contributed by atoms with E-state index in [1.807, 2.05) is 11.8 Å². The van der Waals surface area contributed by atoms with E-state index in [1.165, 1.54) is 0 Å². The van der Waals surface area contributed by atoms with Crippen LogP contribution in [0.25, 0.3) is 0 Å². The van der Waals surface area contributed by atoms with E-state index in [1.54, 1.807) is 7.05 Å².